The van der Waals surface area contributed by atoms with E-state index < -0.39 is 0 Å². The summed E-state index contributed by atoms with van der Waals surface area (Å²) >= 11 is 0. The molecule has 0 spiro atoms. The van der Waals surface area contributed by atoms with E-state index in [9.17, 15) is 0 Å². The fraction of sp³-hybridized carbons (Fsp3) is 0.182. The molecular weight excluding hydrogens is 542 g/mol. The molecule has 0 amide bonds. The Bertz CT molecular complexity index is 679. The largest absolute Gasteiger partial charge is 4.00 e. The van der Waals surface area contributed by atoms with Crippen LogP contribution in [0.4, 0.5) is 0 Å². The Balaban J connectivity index is 0. The Morgan fingerprint density at radius 3 is 1.35 bits per heavy atom. The van der Waals surface area contributed by atoms with Gasteiger partial charge in [0.2, 0.25) is 0 Å². The normalized spacial score (nSPS) is 8.69. The third-order valence-corrected chi connectivity index (χ3v) is 4.60. The predicted molar refractivity (Wildman–Crippen MR) is 106 cm³/mol. The van der Waals surface area contributed by atoms with Gasteiger partial charge in [0.25, 0.3) is 0 Å². The van der Waals surface area contributed by atoms with E-state index in [1.54, 1.807) is 0 Å². The van der Waals surface area contributed by atoms with Gasteiger partial charge >= 0.3 is 25.8 Å². The van der Waals surface area contributed by atoms with E-state index in [1.807, 2.05) is 0 Å². The fourth-order valence-electron chi connectivity index (χ4n) is 2.39. The topological polar surface area (TPSA) is 0 Å². The van der Waals surface area contributed by atoms with Crippen molar-refractivity contribution in [2.75, 3.05) is 0 Å². The number of hydrogen-bond acceptors (Lipinski definition) is 0. The number of fused-ring (bicyclic) bond motifs is 2. The molecule has 0 saturated heterocycles. The molecule has 0 bridgehead atoms. The second-order valence-corrected chi connectivity index (χ2v) is 7.18. The second kappa shape index (κ2) is 16.5. The number of halogens is 2. The van der Waals surface area contributed by atoms with Crippen molar-refractivity contribution in [2.24, 2.45) is 0 Å². The van der Waals surface area contributed by atoms with Crippen LogP contribution in [0.3, 0.4) is 0 Å². The van der Waals surface area contributed by atoms with Crippen molar-refractivity contribution in [1.82, 2.24) is 0 Å². The third-order valence-electron chi connectivity index (χ3n) is 3.60. The van der Waals surface area contributed by atoms with Crippen molar-refractivity contribution in [3.8, 4) is 0 Å². The molecular formula is C22H24Cl2HfSi. The Hall–Kier alpha value is -0.673. The molecule has 4 aromatic rings. The van der Waals surface area contributed by atoms with Crippen molar-refractivity contribution in [3.05, 3.63) is 84.9 Å². The van der Waals surface area contributed by atoms with Crippen molar-refractivity contribution in [2.45, 2.75) is 25.9 Å². The molecule has 0 heterocycles. The van der Waals surface area contributed by atoms with Gasteiger partial charge in [0.15, 0.2) is 0 Å². The van der Waals surface area contributed by atoms with Crippen molar-refractivity contribution in [1.29, 1.82) is 0 Å². The molecule has 0 saturated carbocycles. The first-order valence-corrected chi connectivity index (χ1v) is 9.68. The summed E-state index contributed by atoms with van der Waals surface area (Å²) in [6, 6.07) is 32.1. The minimum atomic E-state index is 0. The fourth-order valence-corrected chi connectivity index (χ4v) is 2.89. The summed E-state index contributed by atoms with van der Waals surface area (Å²) in [5.74, 6) is 0. The average molecular weight is 566 g/mol. The molecule has 0 aliphatic carbocycles. The summed E-state index contributed by atoms with van der Waals surface area (Å²) in [6.45, 7) is 4.45. The van der Waals surface area contributed by atoms with Gasteiger partial charge in [-0.1, -0.05) is 38.1 Å². The van der Waals surface area contributed by atoms with Crippen LogP contribution in [-0.2, 0) is 25.8 Å². The summed E-state index contributed by atoms with van der Waals surface area (Å²) in [6.07, 6.45) is 0. The van der Waals surface area contributed by atoms with E-state index >= 15 is 0 Å². The zero-order valence-electron chi connectivity index (χ0n) is 15.3. The molecule has 0 unspecified atom stereocenters. The van der Waals surface area contributed by atoms with Gasteiger partial charge in [-0.2, -0.15) is 35.0 Å². The van der Waals surface area contributed by atoms with E-state index in [2.05, 4.69) is 98.8 Å². The Morgan fingerprint density at radius 1 is 0.654 bits per heavy atom. The van der Waals surface area contributed by atoms with Gasteiger partial charge in [-0.05, 0) is 0 Å². The maximum Gasteiger partial charge on any atom is 4.00 e. The first-order valence-electron chi connectivity index (χ1n) is 8.26. The molecule has 134 valence electrons. The average Bonchev–Trinajstić information content (AvgIpc) is 3.26. The second-order valence-electron chi connectivity index (χ2n) is 5.27. The summed E-state index contributed by atoms with van der Waals surface area (Å²) in [5, 5.41) is 5.32. The van der Waals surface area contributed by atoms with Crippen LogP contribution in [0.5, 0.6) is 0 Å². The van der Waals surface area contributed by atoms with Crippen LogP contribution in [-0.4, -0.2) is 9.52 Å². The summed E-state index contributed by atoms with van der Waals surface area (Å²) in [7, 11) is 1.20. The van der Waals surface area contributed by atoms with E-state index in [-0.39, 0.29) is 50.7 Å². The van der Waals surface area contributed by atoms with Gasteiger partial charge in [0.05, 0.1) is 0 Å². The van der Waals surface area contributed by atoms with Crippen LogP contribution in [0.1, 0.15) is 13.8 Å². The van der Waals surface area contributed by atoms with Gasteiger partial charge in [-0.25, -0.2) is 0 Å². The van der Waals surface area contributed by atoms with Crippen molar-refractivity contribution in [3.63, 3.8) is 0 Å². The SMILES string of the molecule is CC[Si]CC.[Cl-].[Cl-].[Hf+4].c1ccc2[cH-]ccc2c1.c1ccc2[cH-]ccc2c1. The minimum absolute atomic E-state index is 0. The maximum absolute atomic E-state index is 2.22. The molecule has 0 atom stereocenters. The van der Waals surface area contributed by atoms with Crippen LogP contribution in [0.15, 0.2) is 84.9 Å². The van der Waals surface area contributed by atoms with Crippen LogP contribution in [0.2, 0.25) is 12.1 Å². The monoisotopic (exact) mass is 566 g/mol. The van der Waals surface area contributed by atoms with Gasteiger partial charge in [-0.15, -0.1) is 59.3 Å². The van der Waals surface area contributed by atoms with Crippen LogP contribution >= 0.6 is 0 Å². The van der Waals surface area contributed by atoms with Crippen LogP contribution < -0.4 is 24.8 Å². The predicted octanol–water partition coefficient (Wildman–Crippen LogP) is 0.690. The zero-order chi connectivity index (χ0) is 16.3. The van der Waals surface area contributed by atoms with Gasteiger partial charge in [-0.3, -0.25) is 0 Å². The molecule has 0 aliphatic rings. The summed E-state index contributed by atoms with van der Waals surface area (Å²) < 4.78 is 0. The zero-order valence-corrected chi connectivity index (χ0v) is 21.4. The van der Waals surface area contributed by atoms with Gasteiger partial charge in [0, 0.05) is 9.52 Å². The molecule has 2 radical (unpaired) electrons. The van der Waals surface area contributed by atoms with E-state index in [4.69, 9.17) is 0 Å². The van der Waals surface area contributed by atoms with Crippen LogP contribution in [0.25, 0.3) is 21.5 Å². The van der Waals surface area contributed by atoms with Gasteiger partial charge < -0.3 is 24.8 Å². The third kappa shape index (κ3) is 9.32. The molecule has 0 fully saturated rings. The molecule has 0 aromatic heterocycles. The van der Waals surface area contributed by atoms with E-state index in [1.165, 1.54) is 43.2 Å². The number of rotatable bonds is 2. The summed E-state index contributed by atoms with van der Waals surface area (Å²) in [5.41, 5.74) is 0. The summed E-state index contributed by atoms with van der Waals surface area (Å²) in [4.78, 5) is 0. The van der Waals surface area contributed by atoms with Crippen molar-refractivity contribution >= 4 is 31.1 Å². The molecule has 0 aliphatic heterocycles. The quantitative estimate of drug-likeness (QED) is 0.248. The van der Waals surface area contributed by atoms with Crippen molar-refractivity contribution < 1.29 is 50.7 Å². The minimum Gasteiger partial charge on any atom is -1.00 e. The number of hydrogen-bond donors (Lipinski definition) is 0. The molecule has 0 nitrogen and oxygen atoms in total. The smallest absolute Gasteiger partial charge is 1.00 e. The van der Waals surface area contributed by atoms with E-state index in [0.717, 1.165) is 0 Å². The Labute approximate surface area is 191 Å². The van der Waals surface area contributed by atoms with E-state index in [0.29, 0.717) is 0 Å². The van der Waals surface area contributed by atoms with Crippen LogP contribution in [0, 0.1) is 0 Å². The first kappa shape index (κ1) is 27.5. The van der Waals surface area contributed by atoms with Gasteiger partial charge in [0.1, 0.15) is 0 Å². The molecule has 0 N–H and O–H groups in total. The Kier molecular flexibility index (Phi) is 17.5. The maximum atomic E-state index is 2.22. The molecule has 4 rings (SSSR count). The molecule has 26 heavy (non-hydrogen) atoms. The number of benzene rings is 2. The standard InChI is InChI=1S/2C9H7.C4H10Si.2ClH.Hf/c2*1-2-5-9-7-3-6-8(9)4-1;1-3-5-4-2;;;/h2*1-7H;3-4H2,1-2H3;2*1H;/q2*-1;;;;+4/p-2. The molecule has 4 aromatic carbocycles. The molecule has 4 heteroatoms. The Morgan fingerprint density at radius 2 is 1.04 bits per heavy atom. The first-order chi connectivity index (χ1) is 11.3.